The lowest BCUT2D eigenvalue weighted by Crippen LogP contribution is -2.46. The number of rotatable bonds is 11. The molecule has 1 atom stereocenters. The Morgan fingerprint density at radius 1 is 1.06 bits per heavy atom. The Labute approximate surface area is 207 Å². The number of β-amino-alcohol motifs (C(OH)–C–C–N with tert-alkyl or cyclic N) is 1. The Bertz CT molecular complexity index is 1150. The molecule has 0 aliphatic carbocycles. The number of amides is 1. The minimum Gasteiger partial charge on any atom is -0.474 e. The quantitative estimate of drug-likeness (QED) is 0.359. The molecular weight excluding hydrogens is 475 g/mol. The van der Waals surface area contributed by atoms with E-state index < -0.39 is 35.2 Å². The molecule has 1 amide bonds. The molecule has 10 heteroatoms. The predicted octanol–water partition coefficient (Wildman–Crippen LogP) is 4.34. The Hall–Kier alpha value is -3.63. The van der Waals surface area contributed by atoms with Crippen LogP contribution >= 0.6 is 0 Å². The molecule has 7 nitrogen and oxygen atoms in total. The van der Waals surface area contributed by atoms with Crippen molar-refractivity contribution in [1.29, 1.82) is 0 Å². The number of nitrogens with two attached hydrogens (primary N) is 1. The molecule has 0 aliphatic rings. The third-order valence-corrected chi connectivity index (χ3v) is 5.25. The first-order valence-corrected chi connectivity index (χ1v) is 11.2. The lowest BCUT2D eigenvalue weighted by Gasteiger charge is -2.28. The maximum Gasteiger partial charge on any atom is 0.421 e. The molecule has 0 aliphatic heterocycles. The Morgan fingerprint density at radius 3 is 2.25 bits per heavy atom. The third kappa shape index (κ3) is 7.96. The van der Waals surface area contributed by atoms with Gasteiger partial charge in [-0.1, -0.05) is 12.1 Å². The fourth-order valence-electron chi connectivity index (χ4n) is 3.42. The summed E-state index contributed by atoms with van der Waals surface area (Å²) in [5.41, 5.74) is 5.24. The summed E-state index contributed by atoms with van der Waals surface area (Å²) in [6, 6.07) is 16.0. The molecule has 3 aromatic rings. The first-order valence-electron chi connectivity index (χ1n) is 11.2. The highest BCUT2D eigenvalue weighted by molar-refractivity contribution is 5.92. The summed E-state index contributed by atoms with van der Waals surface area (Å²) in [4.78, 5) is 14.8. The van der Waals surface area contributed by atoms with E-state index in [9.17, 15) is 23.1 Å². The Balaban J connectivity index is 1.48. The number of nitrogens with zero attached hydrogens (tertiary/aromatic N) is 1. The SMILES string of the molecule is CC(C)(Cc1ccc(Oc2ccc(C(N)=O)cc2)cc1)NC[C@H](O)COc1ncccc1C(F)(F)F. The van der Waals surface area contributed by atoms with E-state index in [1.807, 2.05) is 38.1 Å². The Kier molecular flexibility index (Phi) is 8.54. The van der Waals surface area contributed by atoms with Crippen LogP contribution in [0, 0.1) is 0 Å². The number of carbonyl (C=O) groups excluding carboxylic acids is 1. The highest BCUT2D eigenvalue weighted by atomic mass is 19.4. The maximum atomic E-state index is 13.0. The number of halogens is 3. The normalized spacial score (nSPS) is 12.7. The number of hydrogen-bond acceptors (Lipinski definition) is 6. The molecule has 4 N–H and O–H groups in total. The van der Waals surface area contributed by atoms with Crippen molar-refractivity contribution in [2.24, 2.45) is 5.73 Å². The van der Waals surface area contributed by atoms with Gasteiger partial charge < -0.3 is 25.6 Å². The molecule has 0 radical (unpaired) electrons. The first kappa shape index (κ1) is 27.0. The second-order valence-electron chi connectivity index (χ2n) is 8.89. The number of aromatic nitrogens is 1. The van der Waals surface area contributed by atoms with Gasteiger partial charge >= 0.3 is 6.18 Å². The number of pyridine rings is 1. The second kappa shape index (κ2) is 11.4. The van der Waals surface area contributed by atoms with Crippen LogP contribution in [0.1, 0.15) is 35.3 Å². The van der Waals surface area contributed by atoms with E-state index in [-0.39, 0.29) is 13.2 Å². The molecule has 1 aromatic heterocycles. The molecule has 0 saturated heterocycles. The lowest BCUT2D eigenvalue weighted by molar-refractivity contribution is -0.139. The average molecular weight is 504 g/mol. The monoisotopic (exact) mass is 503 g/mol. The average Bonchev–Trinajstić information content (AvgIpc) is 2.82. The number of aliphatic hydroxyl groups is 1. The number of aliphatic hydroxyl groups excluding tert-OH is 1. The van der Waals surface area contributed by atoms with Gasteiger partial charge in [-0.15, -0.1) is 0 Å². The van der Waals surface area contributed by atoms with Gasteiger partial charge in [-0.25, -0.2) is 4.98 Å². The molecule has 0 unspecified atom stereocenters. The molecule has 2 aromatic carbocycles. The minimum atomic E-state index is -4.59. The molecule has 1 heterocycles. The van der Waals surface area contributed by atoms with Gasteiger partial charge in [-0.3, -0.25) is 4.79 Å². The number of benzene rings is 2. The summed E-state index contributed by atoms with van der Waals surface area (Å²) in [6.07, 6.45) is -3.81. The van der Waals surface area contributed by atoms with Gasteiger partial charge in [-0.05, 0) is 74.4 Å². The second-order valence-corrected chi connectivity index (χ2v) is 8.89. The van der Waals surface area contributed by atoms with Gasteiger partial charge in [0.2, 0.25) is 11.8 Å². The van der Waals surface area contributed by atoms with Gasteiger partial charge in [0.15, 0.2) is 0 Å². The number of carbonyl (C=O) groups is 1. The topological polar surface area (TPSA) is 107 Å². The maximum absolute atomic E-state index is 13.0. The van der Waals surface area contributed by atoms with Crippen molar-refractivity contribution in [3.8, 4) is 17.4 Å². The summed E-state index contributed by atoms with van der Waals surface area (Å²) in [5, 5.41) is 13.4. The summed E-state index contributed by atoms with van der Waals surface area (Å²) >= 11 is 0. The van der Waals surface area contributed by atoms with Crippen LogP contribution < -0.4 is 20.5 Å². The van der Waals surface area contributed by atoms with E-state index in [0.717, 1.165) is 11.6 Å². The lowest BCUT2D eigenvalue weighted by atomic mass is 9.94. The van der Waals surface area contributed by atoms with Crippen molar-refractivity contribution in [1.82, 2.24) is 10.3 Å². The summed E-state index contributed by atoms with van der Waals surface area (Å²) in [5.74, 6) is 0.121. The van der Waals surface area contributed by atoms with Crippen LogP contribution in [-0.4, -0.2) is 40.8 Å². The summed E-state index contributed by atoms with van der Waals surface area (Å²) < 4.78 is 50.0. The number of ether oxygens (including phenoxy) is 2. The van der Waals surface area contributed by atoms with Gasteiger partial charge in [-0.2, -0.15) is 13.2 Å². The van der Waals surface area contributed by atoms with Crippen molar-refractivity contribution in [2.75, 3.05) is 13.2 Å². The fourth-order valence-corrected chi connectivity index (χ4v) is 3.42. The molecular formula is C26H28F3N3O4. The van der Waals surface area contributed by atoms with Gasteiger partial charge in [0.05, 0.1) is 0 Å². The van der Waals surface area contributed by atoms with Crippen molar-refractivity contribution in [2.45, 2.75) is 38.1 Å². The van der Waals surface area contributed by atoms with Gasteiger partial charge in [0, 0.05) is 23.8 Å². The third-order valence-electron chi connectivity index (χ3n) is 5.25. The molecule has 0 spiro atoms. The van der Waals surface area contributed by atoms with E-state index in [4.69, 9.17) is 15.2 Å². The number of nitrogens with one attached hydrogen (secondary N) is 1. The van der Waals surface area contributed by atoms with Crippen LogP contribution in [0.2, 0.25) is 0 Å². The predicted molar refractivity (Wildman–Crippen MR) is 128 cm³/mol. The van der Waals surface area contributed by atoms with Gasteiger partial charge in [0.1, 0.15) is 29.8 Å². The van der Waals surface area contributed by atoms with Crippen LogP contribution in [-0.2, 0) is 12.6 Å². The van der Waals surface area contributed by atoms with E-state index in [0.29, 0.717) is 23.5 Å². The molecule has 3 rings (SSSR count). The Morgan fingerprint density at radius 2 is 1.67 bits per heavy atom. The van der Waals surface area contributed by atoms with E-state index in [1.165, 1.54) is 12.3 Å². The van der Waals surface area contributed by atoms with Crippen molar-refractivity contribution in [3.63, 3.8) is 0 Å². The highest BCUT2D eigenvalue weighted by Crippen LogP contribution is 2.34. The number of hydrogen-bond donors (Lipinski definition) is 3. The van der Waals surface area contributed by atoms with Crippen molar-refractivity contribution < 1.29 is 32.5 Å². The molecule has 192 valence electrons. The van der Waals surface area contributed by atoms with E-state index in [2.05, 4.69) is 10.3 Å². The van der Waals surface area contributed by atoms with Crippen LogP contribution in [0.5, 0.6) is 17.4 Å². The van der Waals surface area contributed by atoms with E-state index in [1.54, 1.807) is 24.3 Å². The molecule has 0 bridgehead atoms. The molecule has 36 heavy (non-hydrogen) atoms. The van der Waals surface area contributed by atoms with Crippen LogP contribution in [0.15, 0.2) is 66.9 Å². The number of alkyl halides is 3. The van der Waals surface area contributed by atoms with Crippen LogP contribution in [0.25, 0.3) is 0 Å². The largest absolute Gasteiger partial charge is 0.474 e. The van der Waals surface area contributed by atoms with Crippen LogP contribution in [0.4, 0.5) is 13.2 Å². The fraction of sp³-hybridized carbons (Fsp3) is 0.308. The molecule has 0 saturated carbocycles. The first-order chi connectivity index (χ1) is 16.9. The van der Waals surface area contributed by atoms with Crippen LogP contribution in [0.3, 0.4) is 0 Å². The zero-order chi connectivity index (χ0) is 26.3. The highest BCUT2D eigenvalue weighted by Gasteiger charge is 2.35. The molecule has 0 fully saturated rings. The minimum absolute atomic E-state index is 0.115. The van der Waals surface area contributed by atoms with Crippen molar-refractivity contribution in [3.05, 3.63) is 83.6 Å². The standard InChI is InChI=1S/C26H28F3N3O4/c1-25(2,32-15-19(33)16-35-24-22(26(27,28)29)4-3-13-31-24)14-17-5-9-20(10-6-17)36-21-11-7-18(8-12-21)23(30)34/h3-13,19,32-33H,14-16H2,1-2H3,(H2,30,34)/t19-/m0/s1. The van der Waals surface area contributed by atoms with Crippen molar-refractivity contribution >= 4 is 5.91 Å². The van der Waals surface area contributed by atoms with Gasteiger partial charge in [0.25, 0.3) is 0 Å². The summed E-state index contributed by atoms with van der Waals surface area (Å²) in [6.45, 7) is 3.68. The summed E-state index contributed by atoms with van der Waals surface area (Å²) in [7, 11) is 0. The zero-order valence-corrected chi connectivity index (χ0v) is 19.9. The van der Waals surface area contributed by atoms with E-state index >= 15 is 0 Å². The zero-order valence-electron chi connectivity index (χ0n) is 19.9. The smallest absolute Gasteiger partial charge is 0.421 e. The number of primary amides is 1.